The molecule has 0 aromatic heterocycles. The molecular weight excluding hydrogens is 326 g/mol. The number of hydrogen-bond acceptors (Lipinski definition) is 6. The van der Waals surface area contributed by atoms with Gasteiger partial charge in [0.2, 0.25) is 0 Å². The second-order valence-electron chi connectivity index (χ2n) is 4.59. The molecule has 0 unspecified atom stereocenters. The minimum absolute atomic E-state index is 0.0252. The first-order valence-electron chi connectivity index (χ1n) is 6.37. The molecule has 1 aliphatic heterocycles. The molecule has 118 valence electrons. The van der Waals surface area contributed by atoms with E-state index in [-0.39, 0.29) is 22.8 Å². The quantitative estimate of drug-likeness (QED) is 0.436. The zero-order valence-corrected chi connectivity index (χ0v) is 13.7. The highest BCUT2D eigenvalue weighted by Gasteiger charge is 2.31. The number of thiocarbonyl (C=S) groups is 1. The van der Waals surface area contributed by atoms with E-state index in [1.165, 1.54) is 5.01 Å². The lowest BCUT2D eigenvalue weighted by Gasteiger charge is -2.18. The summed E-state index contributed by atoms with van der Waals surface area (Å²) in [5.74, 6) is 0.691. The van der Waals surface area contributed by atoms with Crippen LogP contribution in [0.3, 0.4) is 0 Å². The Morgan fingerprint density at radius 1 is 1.41 bits per heavy atom. The Morgan fingerprint density at radius 3 is 2.64 bits per heavy atom. The maximum atomic E-state index is 11.9. The van der Waals surface area contributed by atoms with Gasteiger partial charge in [-0.1, -0.05) is 42.0 Å². The van der Waals surface area contributed by atoms with Crippen LogP contribution >= 0.6 is 23.8 Å². The fourth-order valence-corrected chi connectivity index (χ4v) is 2.24. The molecular formula is C13H16ClN5O2S. The van der Waals surface area contributed by atoms with E-state index >= 15 is 0 Å². The fourth-order valence-electron chi connectivity index (χ4n) is 1.74. The number of hydrazine groups is 3. The number of amides is 2. The molecule has 1 aromatic rings. The summed E-state index contributed by atoms with van der Waals surface area (Å²) in [4.78, 5) is 12.0. The van der Waals surface area contributed by atoms with E-state index in [1.807, 2.05) is 31.2 Å². The number of aryl methyl sites for hydroxylation is 1. The highest BCUT2D eigenvalue weighted by atomic mass is 35.5. The number of halogens is 1. The van der Waals surface area contributed by atoms with Crippen molar-refractivity contribution in [2.24, 2.45) is 5.73 Å². The van der Waals surface area contributed by atoms with Crippen molar-refractivity contribution in [1.29, 1.82) is 0 Å². The lowest BCUT2D eigenvalue weighted by molar-refractivity contribution is 0.206. The lowest BCUT2D eigenvalue weighted by atomic mass is 10.2. The van der Waals surface area contributed by atoms with E-state index in [9.17, 15) is 4.79 Å². The largest absolute Gasteiger partial charge is 0.488 e. The van der Waals surface area contributed by atoms with Crippen LogP contribution in [0.25, 0.3) is 0 Å². The van der Waals surface area contributed by atoms with E-state index in [4.69, 9.17) is 34.3 Å². The number of nitrogens with zero attached hydrogens (tertiary/aromatic N) is 2. The second kappa shape index (κ2) is 6.93. The fraction of sp³-hybridized carbons (Fsp3) is 0.231. The van der Waals surface area contributed by atoms with E-state index < -0.39 is 0 Å². The molecule has 4 N–H and O–H groups in total. The van der Waals surface area contributed by atoms with Crippen LogP contribution in [0.1, 0.15) is 5.56 Å². The minimum atomic E-state index is -0.378. The summed E-state index contributed by atoms with van der Waals surface area (Å²) in [7, 11) is 1.55. The van der Waals surface area contributed by atoms with Crippen LogP contribution < -0.4 is 21.5 Å². The monoisotopic (exact) mass is 341 g/mol. The smallest absolute Gasteiger partial charge is 0.356 e. The third-order valence-electron chi connectivity index (χ3n) is 3.02. The van der Waals surface area contributed by atoms with Gasteiger partial charge in [0.05, 0.1) is 5.57 Å². The van der Waals surface area contributed by atoms with Gasteiger partial charge in [-0.3, -0.25) is 0 Å². The Morgan fingerprint density at radius 2 is 2.09 bits per heavy atom. The van der Waals surface area contributed by atoms with Gasteiger partial charge in [0.1, 0.15) is 22.5 Å². The van der Waals surface area contributed by atoms with Gasteiger partial charge in [0.25, 0.3) is 0 Å². The Labute approximate surface area is 138 Å². The number of rotatable bonds is 4. The maximum Gasteiger partial charge on any atom is 0.356 e. The average molecular weight is 342 g/mol. The summed E-state index contributed by atoms with van der Waals surface area (Å²) >= 11 is 11.2. The Hall–Kier alpha value is -1.87. The predicted octanol–water partition coefficient (Wildman–Crippen LogP) is 1.40. The highest BCUT2D eigenvalue weighted by Crippen LogP contribution is 2.19. The SMILES string of the molecule is Cc1ccccc1OCC(C(=S)N1NNN(C)C1=O)=C(N)Cl. The van der Waals surface area contributed by atoms with E-state index in [2.05, 4.69) is 11.1 Å². The number of carbonyl (C=O) groups excluding carboxylic acids is 1. The highest BCUT2D eigenvalue weighted by molar-refractivity contribution is 7.80. The van der Waals surface area contributed by atoms with Crippen molar-refractivity contribution in [2.45, 2.75) is 6.92 Å². The molecule has 0 spiro atoms. The number of urea groups is 1. The van der Waals surface area contributed by atoms with Crippen LogP contribution in [0.2, 0.25) is 0 Å². The van der Waals surface area contributed by atoms with Crippen LogP contribution in [0.4, 0.5) is 4.79 Å². The topological polar surface area (TPSA) is 82.9 Å². The summed E-state index contributed by atoms with van der Waals surface area (Å²) in [6.45, 7) is 1.97. The van der Waals surface area contributed by atoms with Gasteiger partial charge in [-0.2, -0.15) is 5.01 Å². The molecule has 0 atom stereocenters. The maximum absolute atomic E-state index is 11.9. The summed E-state index contributed by atoms with van der Waals surface area (Å²) in [5, 5.41) is 2.33. The molecule has 1 saturated heterocycles. The number of nitrogens with two attached hydrogens (primary N) is 1. The molecule has 9 heteroatoms. The first-order valence-corrected chi connectivity index (χ1v) is 7.16. The first kappa shape index (κ1) is 16.5. The van der Waals surface area contributed by atoms with Crippen molar-refractivity contribution in [1.82, 2.24) is 21.1 Å². The molecule has 1 heterocycles. The van der Waals surface area contributed by atoms with Crippen LogP contribution in [0.15, 0.2) is 35.0 Å². The molecule has 0 aliphatic carbocycles. The number of ether oxygens (including phenoxy) is 1. The number of para-hydroxylation sites is 1. The zero-order valence-electron chi connectivity index (χ0n) is 12.1. The molecule has 2 amide bonds. The third-order valence-corrected chi connectivity index (χ3v) is 3.68. The summed E-state index contributed by atoms with van der Waals surface area (Å²) < 4.78 is 5.69. The molecule has 0 saturated carbocycles. The Kier molecular flexibility index (Phi) is 5.19. The molecule has 7 nitrogen and oxygen atoms in total. The van der Waals surface area contributed by atoms with Gasteiger partial charge >= 0.3 is 6.03 Å². The molecule has 0 radical (unpaired) electrons. The summed E-state index contributed by atoms with van der Waals surface area (Å²) in [6, 6.07) is 7.14. The van der Waals surface area contributed by atoms with Gasteiger partial charge in [-0.05, 0) is 18.6 Å². The number of nitrogens with one attached hydrogen (secondary N) is 2. The molecule has 1 fully saturated rings. The normalized spacial score (nSPS) is 15.9. The van der Waals surface area contributed by atoms with Crippen molar-refractivity contribution in [3.05, 3.63) is 40.6 Å². The van der Waals surface area contributed by atoms with Crippen molar-refractivity contribution >= 4 is 34.8 Å². The molecule has 0 bridgehead atoms. The number of hydrogen-bond donors (Lipinski definition) is 3. The van der Waals surface area contributed by atoms with Crippen LogP contribution in [-0.4, -0.2) is 34.7 Å². The Bertz CT molecular complexity index is 633. The molecule has 1 aliphatic rings. The van der Waals surface area contributed by atoms with Crippen molar-refractivity contribution in [2.75, 3.05) is 13.7 Å². The van der Waals surface area contributed by atoms with Crippen LogP contribution in [-0.2, 0) is 0 Å². The third kappa shape index (κ3) is 3.47. The molecule has 22 heavy (non-hydrogen) atoms. The second-order valence-corrected chi connectivity index (χ2v) is 5.38. The van der Waals surface area contributed by atoms with Crippen molar-refractivity contribution < 1.29 is 9.53 Å². The van der Waals surface area contributed by atoms with Gasteiger partial charge in [0, 0.05) is 7.05 Å². The van der Waals surface area contributed by atoms with Crippen molar-refractivity contribution in [3.63, 3.8) is 0 Å². The van der Waals surface area contributed by atoms with Gasteiger partial charge in [0.15, 0.2) is 0 Å². The van der Waals surface area contributed by atoms with E-state index in [0.29, 0.717) is 11.3 Å². The van der Waals surface area contributed by atoms with Gasteiger partial charge < -0.3 is 10.5 Å². The average Bonchev–Trinajstić information content (AvgIpc) is 2.80. The number of carbonyl (C=O) groups is 1. The van der Waals surface area contributed by atoms with E-state index in [1.54, 1.807) is 7.05 Å². The minimum Gasteiger partial charge on any atom is -0.488 e. The van der Waals surface area contributed by atoms with Crippen LogP contribution in [0, 0.1) is 6.92 Å². The lowest BCUT2D eigenvalue weighted by Crippen LogP contribution is -2.43. The Balaban J connectivity index is 2.12. The standard InChI is InChI=1S/C13H16ClN5O2S/c1-8-5-3-4-6-10(8)21-7-9(11(14)15)12(22)19-13(20)18(2)16-17-19/h3-6,16-17H,7,15H2,1-2H3. The molecule has 1 aromatic carbocycles. The van der Waals surface area contributed by atoms with Gasteiger partial charge in [-0.25, -0.2) is 9.80 Å². The summed E-state index contributed by atoms with van der Waals surface area (Å²) in [6.07, 6.45) is 0. The van der Waals surface area contributed by atoms with Crippen LogP contribution in [0.5, 0.6) is 5.75 Å². The predicted molar refractivity (Wildman–Crippen MR) is 87.6 cm³/mol. The van der Waals surface area contributed by atoms with Crippen molar-refractivity contribution in [3.8, 4) is 5.75 Å². The number of benzene rings is 1. The first-order chi connectivity index (χ1) is 10.4. The molecule has 2 rings (SSSR count). The zero-order chi connectivity index (χ0) is 16.3. The van der Waals surface area contributed by atoms with Gasteiger partial charge in [-0.15, -0.1) is 11.1 Å². The summed E-state index contributed by atoms with van der Waals surface area (Å²) in [5.41, 5.74) is 12.2. The van der Waals surface area contributed by atoms with E-state index in [0.717, 1.165) is 10.6 Å².